The highest BCUT2D eigenvalue weighted by Crippen LogP contribution is 2.36. The van der Waals surface area contributed by atoms with Crippen molar-refractivity contribution in [1.29, 1.82) is 0 Å². The van der Waals surface area contributed by atoms with Gasteiger partial charge in [-0.05, 0) is 59.5 Å². The summed E-state index contributed by atoms with van der Waals surface area (Å²) in [5.41, 5.74) is 5.66. The van der Waals surface area contributed by atoms with Crippen molar-refractivity contribution in [3.05, 3.63) is 101 Å². The number of pyridine rings is 1. The zero-order valence-electron chi connectivity index (χ0n) is 21.0. The number of aromatic nitrogens is 4. The Morgan fingerprint density at radius 2 is 1.73 bits per heavy atom. The quantitative estimate of drug-likeness (QED) is 0.264. The molecule has 0 spiro atoms. The van der Waals surface area contributed by atoms with Gasteiger partial charge in [-0.15, -0.1) is 0 Å². The summed E-state index contributed by atoms with van der Waals surface area (Å²) < 4.78 is 19.3. The highest BCUT2D eigenvalue weighted by atomic mass is 16.5. The molecular formula is C30H28N4O3. The number of rotatable bonds is 9. The minimum atomic E-state index is 0.352. The Labute approximate surface area is 215 Å². The summed E-state index contributed by atoms with van der Waals surface area (Å²) in [5, 5.41) is 8.71. The summed E-state index contributed by atoms with van der Waals surface area (Å²) >= 11 is 0. The van der Waals surface area contributed by atoms with Crippen molar-refractivity contribution in [3.63, 3.8) is 0 Å². The van der Waals surface area contributed by atoms with E-state index in [4.69, 9.17) is 14.2 Å². The molecule has 3 aromatic heterocycles. The minimum Gasteiger partial charge on any atom is -0.496 e. The number of aromatic amines is 1. The van der Waals surface area contributed by atoms with E-state index in [9.17, 15) is 0 Å². The van der Waals surface area contributed by atoms with E-state index in [1.807, 2.05) is 54.6 Å². The maximum atomic E-state index is 5.91. The fraction of sp³-hybridized carbons (Fsp3) is 0.133. The molecule has 1 N–H and O–H groups in total. The summed E-state index contributed by atoms with van der Waals surface area (Å²) in [5.74, 6) is 1.91. The predicted molar refractivity (Wildman–Crippen MR) is 147 cm³/mol. The Kier molecular flexibility index (Phi) is 7.03. The number of hydrogen-bond donors (Lipinski definition) is 1. The van der Waals surface area contributed by atoms with Crippen LogP contribution in [0.3, 0.4) is 0 Å². The Bertz CT molecular complexity index is 1540. The van der Waals surface area contributed by atoms with Crippen LogP contribution in [0.4, 0.5) is 0 Å². The molecule has 2 aromatic carbocycles. The number of hydrogen-bond acceptors (Lipinski definition) is 5. The van der Waals surface area contributed by atoms with E-state index in [0.29, 0.717) is 23.9 Å². The van der Waals surface area contributed by atoms with Gasteiger partial charge in [0.25, 0.3) is 0 Å². The number of aryl methyl sites for hydroxylation is 1. The summed E-state index contributed by atoms with van der Waals surface area (Å²) in [6.45, 7) is 0.352. The van der Waals surface area contributed by atoms with Gasteiger partial charge in [0.2, 0.25) is 0 Å². The van der Waals surface area contributed by atoms with E-state index in [0.717, 1.165) is 28.2 Å². The van der Waals surface area contributed by atoms with Crippen LogP contribution in [0.1, 0.15) is 28.2 Å². The molecular weight excluding hydrogens is 464 g/mol. The van der Waals surface area contributed by atoms with Crippen LogP contribution in [0, 0.1) is 0 Å². The summed E-state index contributed by atoms with van der Waals surface area (Å²) in [6.07, 6.45) is 11.7. The highest BCUT2D eigenvalue weighted by molar-refractivity contribution is 5.84. The molecule has 186 valence electrons. The molecule has 0 bridgehead atoms. The van der Waals surface area contributed by atoms with Gasteiger partial charge in [-0.2, -0.15) is 5.10 Å². The number of fused-ring (bicyclic) bond motifs is 1. The standard InChI is InChI=1S/C30H28N4O3/c1-34-15-13-22-9-7-21(16-28(22)34)8-10-23-17-24(33-32-23)11-12-27-29(35-2)18-26(19-30(27)36-3)37-20-25-6-4-5-14-31-25/h4-19H,20H2,1-3H3,(H,32,33)/b10-8+,12-11+. The first-order valence-electron chi connectivity index (χ1n) is 11.9. The average molecular weight is 493 g/mol. The third-order valence-electron chi connectivity index (χ3n) is 6.04. The number of nitrogens with zero attached hydrogens (tertiary/aromatic N) is 3. The maximum absolute atomic E-state index is 5.91. The fourth-order valence-corrected chi connectivity index (χ4v) is 4.06. The first-order valence-corrected chi connectivity index (χ1v) is 11.9. The first-order chi connectivity index (χ1) is 18.1. The number of ether oxygens (including phenoxy) is 3. The second-order valence-electron chi connectivity index (χ2n) is 8.51. The molecule has 0 unspecified atom stereocenters. The monoisotopic (exact) mass is 492 g/mol. The van der Waals surface area contributed by atoms with Crippen molar-refractivity contribution in [1.82, 2.24) is 19.7 Å². The molecule has 0 aliphatic rings. The molecule has 37 heavy (non-hydrogen) atoms. The molecule has 3 heterocycles. The molecule has 0 saturated heterocycles. The second-order valence-corrected chi connectivity index (χ2v) is 8.51. The van der Waals surface area contributed by atoms with Crippen LogP contribution in [0.2, 0.25) is 0 Å². The van der Waals surface area contributed by atoms with Crippen LogP contribution in [0.5, 0.6) is 17.2 Å². The van der Waals surface area contributed by atoms with E-state index in [2.05, 4.69) is 63.3 Å². The Morgan fingerprint density at radius 1 is 0.892 bits per heavy atom. The third kappa shape index (κ3) is 5.56. The molecule has 0 aliphatic heterocycles. The minimum absolute atomic E-state index is 0.352. The fourth-order valence-electron chi connectivity index (χ4n) is 4.06. The van der Waals surface area contributed by atoms with E-state index >= 15 is 0 Å². The van der Waals surface area contributed by atoms with Gasteiger partial charge >= 0.3 is 0 Å². The third-order valence-corrected chi connectivity index (χ3v) is 6.04. The van der Waals surface area contributed by atoms with Crippen molar-refractivity contribution >= 4 is 35.2 Å². The van der Waals surface area contributed by atoms with Crippen LogP contribution in [0.25, 0.3) is 35.2 Å². The molecule has 0 amide bonds. The molecule has 0 aliphatic carbocycles. The second kappa shape index (κ2) is 10.9. The molecule has 0 fully saturated rings. The lowest BCUT2D eigenvalue weighted by Crippen LogP contribution is -2.00. The van der Waals surface area contributed by atoms with Crippen LogP contribution in [0.15, 0.2) is 73.1 Å². The molecule has 0 radical (unpaired) electrons. The van der Waals surface area contributed by atoms with E-state index in [1.54, 1.807) is 20.4 Å². The molecule has 7 heteroatoms. The first kappa shape index (κ1) is 23.9. The average Bonchev–Trinajstić information content (AvgIpc) is 3.56. The van der Waals surface area contributed by atoms with Gasteiger partial charge in [0, 0.05) is 37.1 Å². The largest absolute Gasteiger partial charge is 0.496 e. The summed E-state index contributed by atoms with van der Waals surface area (Å²) in [4.78, 5) is 4.29. The van der Waals surface area contributed by atoms with Gasteiger partial charge in [0.15, 0.2) is 0 Å². The van der Waals surface area contributed by atoms with Crippen molar-refractivity contribution in [2.45, 2.75) is 6.61 Å². The molecule has 0 saturated carbocycles. The van der Waals surface area contributed by atoms with Gasteiger partial charge in [0.05, 0.1) is 36.9 Å². The zero-order chi connectivity index (χ0) is 25.6. The molecule has 7 nitrogen and oxygen atoms in total. The maximum Gasteiger partial charge on any atom is 0.133 e. The number of methoxy groups -OCH3 is 2. The lowest BCUT2D eigenvalue weighted by molar-refractivity contribution is 0.296. The van der Waals surface area contributed by atoms with Crippen LogP contribution >= 0.6 is 0 Å². The number of nitrogens with one attached hydrogen (secondary N) is 1. The van der Waals surface area contributed by atoms with Gasteiger partial charge in [-0.1, -0.05) is 24.3 Å². The van der Waals surface area contributed by atoms with Crippen LogP contribution in [-0.4, -0.2) is 34.0 Å². The van der Waals surface area contributed by atoms with Gasteiger partial charge in [-0.3, -0.25) is 10.1 Å². The topological polar surface area (TPSA) is 74.2 Å². The zero-order valence-corrected chi connectivity index (χ0v) is 21.0. The van der Waals surface area contributed by atoms with Crippen molar-refractivity contribution < 1.29 is 14.2 Å². The summed E-state index contributed by atoms with van der Waals surface area (Å²) in [7, 11) is 5.30. The van der Waals surface area contributed by atoms with Gasteiger partial charge < -0.3 is 18.8 Å². The Morgan fingerprint density at radius 3 is 2.49 bits per heavy atom. The Hall–Kier alpha value is -4.78. The predicted octanol–water partition coefficient (Wildman–Crippen LogP) is 6.23. The van der Waals surface area contributed by atoms with Crippen molar-refractivity contribution in [2.75, 3.05) is 14.2 Å². The SMILES string of the molecule is COc1cc(OCc2ccccn2)cc(OC)c1/C=C/c1cc(/C=C/c2ccc3ccn(C)c3c2)[nH]n1. The Balaban J connectivity index is 1.31. The van der Waals surface area contributed by atoms with Crippen molar-refractivity contribution in [3.8, 4) is 17.2 Å². The van der Waals surface area contributed by atoms with E-state index in [1.165, 1.54) is 10.9 Å². The number of benzene rings is 2. The van der Waals surface area contributed by atoms with E-state index < -0.39 is 0 Å². The van der Waals surface area contributed by atoms with Gasteiger partial charge in [0.1, 0.15) is 23.9 Å². The van der Waals surface area contributed by atoms with E-state index in [-0.39, 0.29) is 0 Å². The number of H-pyrrole nitrogens is 1. The van der Waals surface area contributed by atoms with Crippen molar-refractivity contribution in [2.24, 2.45) is 7.05 Å². The van der Waals surface area contributed by atoms with Crippen LogP contribution in [-0.2, 0) is 13.7 Å². The van der Waals surface area contributed by atoms with Gasteiger partial charge in [-0.25, -0.2) is 0 Å². The molecule has 5 rings (SSSR count). The summed E-state index contributed by atoms with van der Waals surface area (Å²) in [6, 6.07) is 19.9. The molecule has 5 aromatic rings. The van der Waals surface area contributed by atoms with Crippen LogP contribution < -0.4 is 14.2 Å². The lowest BCUT2D eigenvalue weighted by atomic mass is 10.1. The molecule has 0 atom stereocenters. The lowest BCUT2D eigenvalue weighted by Gasteiger charge is -2.14. The smallest absolute Gasteiger partial charge is 0.133 e. The highest BCUT2D eigenvalue weighted by Gasteiger charge is 2.12. The normalized spacial score (nSPS) is 11.5.